The molecule has 0 aliphatic rings. The number of aromatic hydroxyl groups is 1. The Bertz CT molecular complexity index is 1770. The van der Waals surface area contributed by atoms with Crippen LogP contribution in [0.1, 0.15) is 39.0 Å². The molecule has 0 saturated carbocycles. The van der Waals surface area contributed by atoms with E-state index in [4.69, 9.17) is 18.9 Å². The van der Waals surface area contributed by atoms with Crippen molar-refractivity contribution in [2.45, 2.75) is 58.6 Å². The van der Waals surface area contributed by atoms with E-state index in [-0.39, 0.29) is 51.8 Å². The van der Waals surface area contributed by atoms with Gasteiger partial charge in [0.25, 0.3) is 0 Å². The van der Waals surface area contributed by atoms with Gasteiger partial charge in [-0.15, -0.1) is 0 Å². The minimum Gasteiger partial charge on any atom is -0.508 e. The molecule has 250 valence electrons. The van der Waals surface area contributed by atoms with Crippen molar-refractivity contribution < 1.29 is 40.9 Å². The normalized spacial score (nSPS) is 11.9. The topological polar surface area (TPSA) is 125 Å². The lowest BCUT2D eigenvalue weighted by molar-refractivity contribution is 0.0764. The van der Waals surface area contributed by atoms with Gasteiger partial charge in [-0.25, -0.2) is 16.8 Å². The maximum absolute atomic E-state index is 13.1. The first-order chi connectivity index (χ1) is 22.7. The van der Waals surface area contributed by atoms with E-state index in [0.717, 1.165) is 12.8 Å². The molecule has 11 heteroatoms. The van der Waals surface area contributed by atoms with E-state index in [2.05, 4.69) is 6.92 Å². The zero-order valence-electron chi connectivity index (χ0n) is 26.3. The Kier molecular flexibility index (Phi) is 13.3. The number of ether oxygens (including phenoxy) is 4. The zero-order valence-corrected chi connectivity index (χ0v) is 27.9. The average Bonchev–Trinajstić information content (AvgIpc) is 3.08. The first kappa shape index (κ1) is 35.5. The summed E-state index contributed by atoms with van der Waals surface area (Å²) in [6, 6.07) is 24.0. The fourth-order valence-corrected chi connectivity index (χ4v) is 6.97. The van der Waals surface area contributed by atoms with Crippen LogP contribution in [0.25, 0.3) is 0 Å². The number of sulfone groups is 2. The first-order valence-electron chi connectivity index (χ1n) is 15.4. The molecule has 0 unspecified atom stereocenters. The second-order valence-electron chi connectivity index (χ2n) is 10.6. The SMILES string of the molecule is CCCCCCC=COc1ccc(S(=O)(=O)c2ccc(OCCOCCOc3ccc(S(=O)(=O)c4ccc(O)cc4)cc3)cc2)cc1. The predicted octanol–water partition coefficient (Wildman–Crippen LogP) is 7.40. The molecule has 0 aromatic heterocycles. The Morgan fingerprint density at radius 2 is 0.979 bits per heavy atom. The van der Waals surface area contributed by atoms with Crippen molar-refractivity contribution in [1.29, 1.82) is 0 Å². The average molecular weight is 681 g/mol. The van der Waals surface area contributed by atoms with Gasteiger partial charge in [-0.3, -0.25) is 0 Å². The van der Waals surface area contributed by atoms with E-state index in [9.17, 15) is 21.9 Å². The molecular weight excluding hydrogens is 641 g/mol. The smallest absolute Gasteiger partial charge is 0.206 e. The van der Waals surface area contributed by atoms with Crippen LogP contribution >= 0.6 is 0 Å². The maximum Gasteiger partial charge on any atom is 0.206 e. The summed E-state index contributed by atoms with van der Waals surface area (Å²) in [5.74, 6) is 1.57. The summed E-state index contributed by atoms with van der Waals surface area (Å²) in [6.07, 6.45) is 9.34. The molecule has 1 N–H and O–H groups in total. The highest BCUT2D eigenvalue weighted by molar-refractivity contribution is 7.91. The minimum atomic E-state index is -3.70. The lowest BCUT2D eigenvalue weighted by Gasteiger charge is -2.10. The van der Waals surface area contributed by atoms with Crippen molar-refractivity contribution in [3.63, 3.8) is 0 Å². The molecule has 0 aliphatic heterocycles. The molecule has 0 fully saturated rings. The fourth-order valence-electron chi connectivity index (χ4n) is 4.45. The Labute approximate surface area is 277 Å². The fraction of sp³-hybridized carbons (Fsp3) is 0.278. The summed E-state index contributed by atoms with van der Waals surface area (Å²) in [7, 11) is -7.40. The predicted molar refractivity (Wildman–Crippen MR) is 179 cm³/mol. The van der Waals surface area contributed by atoms with Crippen LogP contribution in [-0.2, 0) is 24.4 Å². The molecule has 0 spiro atoms. The Morgan fingerprint density at radius 3 is 1.43 bits per heavy atom. The number of phenols is 1. The molecule has 9 nitrogen and oxygen atoms in total. The molecule has 0 amide bonds. The minimum absolute atomic E-state index is 0.00961. The highest BCUT2D eigenvalue weighted by Crippen LogP contribution is 2.26. The number of unbranched alkanes of at least 4 members (excludes halogenated alkanes) is 4. The molecule has 4 aromatic rings. The van der Waals surface area contributed by atoms with Crippen LogP contribution in [0.3, 0.4) is 0 Å². The largest absolute Gasteiger partial charge is 0.508 e. The Morgan fingerprint density at radius 1 is 0.553 bits per heavy atom. The van der Waals surface area contributed by atoms with E-state index in [0.29, 0.717) is 17.2 Å². The summed E-state index contributed by atoms with van der Waals surface area (Å²) in [4.78, 5) is 0.535. The van der Waals surface area contributed by atoms with E-state index >= 15 is 0 Å². The van der Waals surface area contributed by atoms with Gasteiger partial charge in [0.2, 0.25) is 19.7 Å². The number of hydrogen-bond acceptors (Lipinski definition) is 9. The van der Waals surface area contributed by atoms with Gasteiger partial charge in [0.05, 0.1) is 39.1 Å². The van der Waals surface area contributed by atoms with E-state index in [1.54, 1.807) is 42.7 Å². The van der Waals surface area contributed by atoms with Crippen LogP contribution in [0.5, 0.6) is 23.0 Å². The summed E-state index contributed by atoms with van der Waals surface area (Å²) in [5.41, 5.74) is 0. The van der Waals surface area contributed by atoms with E-state index in [1.807, 2.05) is 6.08 Å². The monoisotopic (exact) mass is 680 g/mol. The molecule has 0 radical (unpaired) electrons. The summed E-state index contributed by atoms with van der Waals surface area (Å²) < 4.78 is 74.0. The lowest BCUT2D eigenvalue weighted by atomic mass is 10.1. The quantitative estimate of drug-likeness (QED) is 0.0797. The van der Waals surface area contributed by atoms with Crippen molar-refractivity contribution in [3.8, 4) is 23.0 Å². The number of rotatable bonds is 19. The van der Waals surface area contributed by atoms with E-state index in [1.165, 1.54) is 79.9 Å². The molecule has 0 saturated heterocycles. The third-order valence-electron chi connectivity index (χ3n) is 7.07. The zero-order chi connectivity index (χ0) is 33.5. The van der Waals surface area contributed by atoms with Crippen LogP contribution in [0.2, 0.25) is 0 Å². The molecule has 4 aromatic carbocycles. The molecule has 0 atom stereocenters. The van der Waals surface area contributed by atoms with Gasteiger partial charge in [-0.05, 0) is 116 Å². The first-order valence-corrected chi connectivity index (χ1v) is 18.4. The molecule has 47 heavy (non-hydrogen) atoms. The van der Waals surface area contributed by atoms with Crippen molar-refractivity contribution in [3.05, 3.63) is 109 Å². The van der Waals surface area contributed by atoms with Gasteiger partial charge in [0.15, 0.2) is 0 Å². The van der Waals surface area contributed by atoms with Gasteiger partial charge >= 0.3 is 0 Å². The van der Waals surface area contributed by atoms with Crippen molar-refractivity contribution in [1.82, 2.24) is 0 Å². The van der Waals surface area contributed by atoms with Gasteiger partial charge in [-0.1, -0.05) is 26.2 Å². The number of hydrogen-bond donors (Lipinski definition) is 1. The highest BCUT2D eigenvalue weighted by atomic mass is 32.2. The lowest BCUT2D eigenvalue weighted by Crippen LogP contribution is -2.12. The van der Waals surface area contributed by atoms with Crippen molar-refractivity contribution in [2.75, 3.05) is 26.4 Å². The number of phenolic OH excluding ortho intramolecular Hbond substituents is 1. The molecular formula is C36H40O9S2. The van der Waals surface area contributed by atoms with Crippen LogP contribution in [0, 0.1) is 0 Å². The Hall–Kier alpha value is -4.32. The second kappa shape index (κ2) is 17.6. The maximum atomic E-state index is 13.1. The molecule has 4 rings (SSSR count). The Balaban J connectivity index is 1.14. The second-order valence-corrected chi connectivity index (χ2v) is 14.5. The summed E-state index contributed by atoms with van der Waals surface area (Å²) in [5, 5.41) is 9.39. The molecule has 0 heterocycles. The standard InChI is InChI=1S/C36H40O9S2/c1-2-3-4-5-6-7-24-43-30-10-18-35(19-11-30)47(40,41)36-22-14-32(15-23-36)45-28-26-42-25-27-44-31-12-20-34(21-13-31)46(38,39)33-16-8-29(37)9-17-33/h7-24,37H,2-6,25-28H2,1H3. The summed E-state index contributed by atoms with van der Waals surface area (Å²) >= 11 is 0. The van der Waals surface area contributed by atoms with Crippen LogP contribution in [-0.4, -0.2) is 48.4 Å². The van der Waals surface area contributed by atoms with Crippen LogP contribution in [0.15, 0.2) is 129 Å². The van der Waals surface area contributed by atoms with Crippen LogP contribution in [0.4, 0.5) is 0 Å². The summed E-state index contributed by atoms with van der Waals surface area (Å²) in [6.45, 7) is 3.26. The third-order valence-corrected chi connectivity index (χ3v) is 10.6. The number of benzene rings is 4. The highest BCUT2D eigenvalue weighted by Gasteiger charge is 2.19. The van der Waals surface area contributed by atoms with Gasteiger partial charge in [0, 0.05) is 0 Å². The third kappa shape index (κ3) is 10.6. The van der Waals surface area contributed by atoms with Crippen LogP contribution < -0.4 is 14.2 Å². The number of allylic oxidation sites excluding steroid dienone is 1. The van der Waals surface area contributed by atoms with Gasteiger partial charge in [0.1, 0.15) is 36.2 Å². The van der Waals surface area contributed by atoms with Crippen molar-refractivity contribution in [2.24, 2.45) is 0 Å². The molecule has 0 aliphatic carbocycles. The van der Waals surface area contributed by atoms with E-state index < -0.39 is 19.7 Å². The van der Waals surface area contributed by atoms with Crippen molar-refractivity contribution >= 4 is 19.7 Å². The van der Waals surface area contributed by atoms with Gasteiger partial charge in [-0.2, -0.15) is 0 Å². The molecule has 0 bridgehead atoms. The van der Waals surface area contributed by atoms with Gasteiger partial charge < -0.3 is 24.1 Å².